The van der Waals surface area contributed by atoms with Crippen LogP contribution in [0.5, 0.6) is 0 Å². The van der Waals surface area contributed by atoms with Gasteiger partial charge in [-0.1, -0.05) is 30.5 Å². The van der Waals surface area contributed by atoms with Gasteiger partial charge in [0, 0.05) is 36.9 Å². The van der Waals surface area contributed by atoms with Crippen molar-refractivity contribution in [2.75, 3.05) is 31.5 Å². The number of nitrogens with zero attached hydrogens (tertiary/aromatic N) is 2. The van der Waals surface area contributed by atoms with Crippen LogP contribution in [0.3, 0.4) is 0 Å². The molecule has 3 amide bonds. The normalized spacial score (nSPS) is 18.7. The Hall–Kier alpha value is -2.51. The molecule has 1 aliphatic heterocycles. The van der Waals surface area contributed by atoms with Crippen LogP contribution in [-0.2, 0) is 11.3 Å². The molecule has 4 rings (SSSR count). The van der Waals surface area contributed by atoms with Crippen LogP contribution < -0.4 is 10.6 Å². The third-order valence-corrected chi connectivity index (χ3v) is 6.44. The molecule has 1 aromatic heterocycles. The highest BCUT2D eigenvalue weighted by atomic mass is 35.5. The van der Waals surface area contributed by atoms with Gasteiger partial charge in [-0.25, -0.2) is 4.79 Å². The second kappa shape index (κ2) is 10.2. The summed E-state index contributed by atoms with van der Waals surface area (Å²) in [7, 11) is 0. The van der Waals surface area contributed by atoms with Gasteiger partial charge in [-0.3, -0.25) is 9.69 Å². The van der Waals surface area contributed by atoms with E-state index in [9.17, 15) is 9.59 Å². The van der Waals surface area contributed by atoms with E-state index in [-0.39, 0.29) is 18.0 Å². The Balaban J connectivity index is 1.34. The first kappa shape index (κ1) is 21.7. The maximum Gasteiger partial charge on any atom is 0.321 e. The number of hydrogen-bond acceptors (Lipinski definition) is 4. The average Bonchev–Trinajstić information content (AvgIpc) is 3.47. The lowest BCUT2D eigenvalue weighted by Crippen LogP contribution is -2.58. The fourth-order valence-electron chi connectivity index (χ4n) is 4.62. The topological polar surface area (TPSA) is 77.8 Å². The maximum atomic E-state index is 13.1. The minimum absolute atomic E-state index is 0.0557. The lowest BCUT2D eigenvalue weighted by atomic mass is 9.95. The van der Waals surface area contributed by atoms with E-state index in [4.69, 9.17) is 16.0 Å². The van der Waals surface area contributed by atoms with Crippen LogP contribution in [0.1, 0.15) is 31.4 Å². The molecule has 0 spiro atoms. The van der Waals surface area contributed by atoms with Crippen molar-refractivity contribution in [3.63, 3.8) is 0 Å². The van der Waals surface area contributed by atoms with E-state index in [0.29, 0.717) is 49.4 Å². The van der Waals surface area contributed by atoms with Gasteiger partial charge in [0.2, 0.25) is 5.91 Å². The number of amides is 3. The molecule has 0 unspecified atom stereocenters. The summed E-state index contributed by atoms with van der Waals surface area (Å²) < 4.78 is 5.34. The number of urea groups is 1. The van der Waals surface area contributed by atoms with Crippen molar-refractivity contribution in [3.05, 3.63) is 53.4 Å². The lowest BCUT2D eigenvalue weighted by molar-refractivity contribution is -0.129. The summed E-state index contributed by atoms with van der Waals surface area (Å²) in [6.07, 6.45) is 6.12. The fraction of sp³-hybridized carbons (Fsp3) is 0.478. The molecule has 166 valence electrons. The molecule has 2 aliphatic rings. The molecule has 2 aromatic rings. The molecule has 2 fully saturated rings. The van der Waals surface area contributed by atoms with E-state index in [1.165, 1.54) is 12.8 Å². The van der Waals surface area contributed by atoms with Gasteiger partial charge in [-0.15, -0.1) is 0 Å². The van der Waals surface area contributed by atoms with Gasteiger partial charge >= 0.3 is 6.03 Å². The number of anilines is 1. The summed E-state index contributed by atoms with van der Waals surface area (Å²) >= 11 is 6.00. The number of carbonyl (C=O) groups excluding carboxylic acids is 2. The minimum Gasteiger partial charge on any atom is -0.467 e. The fourth-order valence-corrected chi connectivity index (χ4v) is 4.81. The average molecular weight is 445 g/mol. The van der Waals surface area contributed by atoms with Crippen molar-refractivity contribution in [3.8, 4) is 0 Å². The standard InChI is InChI=1S/C23H29ClN4O3/c24-18-7-3-8-19(15-18)26-23(30)28-12-10-27(11-13-28)21(17-5-1-2-6-17)22(29)25-16-20-9-4-14-31-20/h3-4,7-9,14-15,17,21H,1-2,5-6,10-13,16H2,(H,25,29)(H,26,30)/t21-/m0/s1. The predicted octanol–water partition coefficient (Wildman–Crippen LogP) is 3.96. The first-order valence-corrected chi connectivity index (χ1v) is 11.3. The van der Waals surface area contributed by atoms with Crippen molar-refractivity contribution >= 4 is 29.2 Å². The molecule has 2 heterocycles. The largest absolute Gasteiger partial charge is 0.467 e. The van der Waals surface area contributed by atoms with E-state index in [2.05, 4.69) is 15.5 Å². The van der Waals surface area contributed by atoms with Crippen molar-refractivity contribution < 1.29 is 14.0 Å². The van der Waals surface area contributed by atoms with Gasteiger partial charge in [0.15, 0.2) is 0 Å². The molecule has 8 heteroatoms. The summed E-state index contributed by atoms with van der Waals surface area (Å²) in [5, 5.41) is 6.54. The molecular weight excluding hydrogens is 416 g/mol. The molecule has 0 bridgehead atoms. The highest BCUT2D eigenvalue weighted by Crippen LogP contribution is 2.31. The van der Waals surface area contributed by atoms with Gasteiger partial charge in [-0.05, 0) is 49.1 Å². The van der Waals surface area contributed by atoms with Crippen LogP contribution in [0.4, 0.5) is 10.5 Å². The van der Waals surface area contributed by atoms with Gasteiger partial charge in [0.1, 0.15) is 5.76 Å². The maximum absolute atomic E-state index is 13.1. The molecule has 2 N–H and O–H groups in total. The van der Waals surface area contributed by atoms with E-state index < -0.39 is 0 Å². The van der Waals surface area contributed by atoms with Crippen LogP contribution >= 0.6 is 11.6 Å². The zero-order valence-corrected chi connectivity index (χ0v) is 18.3. The number of carbonyl (C=O) groups is 2. The van der Waals surface area contributed by atoms with Gasteiger partial charge < -0.3 is 20.0 Å². The molecule has 1 saturated heterocycles. The monoisotopic (exact) mass is 444 g/mol. The zero-order valence-electron chi connectivity index (χ0n) is 17.6. The number of nitrogens with one attached hydrogen (secondary N) is 2. The summed E-state index contributed by atoms with van der Waals surface area (Å²) in [6.45, 7) is 2.93. The molecule has 1 aliphatic carbocycles. The number of furan rings is 1. The number of piperazine rings is 1. The second-order valence-electron chi connectivity index (χ2n) is 8.25. The van der Waals surface area contributed by atoms with Crippen LogP contribution in [-0.4, -0.2) is 54.0 Å². The Bertz CT molecular complexity index is 875. The van der Waals surface area contributed by atoms with Gasteiger partial charge in [0.05, 0.1) is 18.8 Å². The van der Waals surface area contributed by atoms with Crippen LogP contribution in [0.15, 0.2) is 47.1 Å². The number of benzene rings is 1. The third-order valence-electron chi connectivity index (χ3n) is 6.20. The quantitative estimate of drug-likeness (QED) is 0.707. The van der Waals surface area contributed by atoms with Crippen molar-refractivity contribution in [2.24, 2.45) is 5.92 Å². The molecule has 31 heavy (non-hydrogen) atoms. The number of rotatable bonds is 6. The lowest BCUT2D eigenvalue weighted by Gasteiger charge is -2.40. The SMILES string of the molecule is O=C(NCc1ccco1)[C@H](C1CCCC1)N1CCN(C(=O)Nc2cccc(Cl)c2)CC1. The smallest absolute Gasteiger partial charge is 0.321 e. The molecule has 0 radical (unpaired) electrons. The minimum atomic E-state index is -0.157. The third kappa shape index (κ3) is 5.60. The summed E-state index contributed by atoms with van der Waals surface area (Å²) in [5.74, 6) is 1.17. The molecule has 7 nitrogen and oxygen atoms in total. The Labute approximate surface area is 187 Å². The Morgan fingerprint density at radius 1 is 1.10 bits per heavy atom. The molecule has 1 atom stereocenters. The summed E-state index contributed by atoms with van der Waals surface area (Å²) in [4.78, 5) is 29.8. The van der Waals surface area contributed by atoms with E-state index >= 15 is 0 Å². The number of halogens is 1. The molecular formula is C23H29ClN4O3. The van der Waals surface area contributed by atoms with Crippen LogP contribution in [0, 0.1) is 5.92 Å². The van der Waals surface area contributed by atoms with E-state index in [0.717, 1.165) is 18.6 Å². The van der Waals surface area contributed by atoms with Crippen LogP contribution in [0.25, 0.3) is 0 Å². The Morgan fingerprint density at radius 3 is 2.55 bits per heavy atom. The first-order valence-electron chi connectivity index (χ1n) is 11.0. The number of hydrogen-bond donors (Lipinski definition) is 2. The van der Waals surface area contributed by atoms with Crippen molar-refractivity contribution in [1.82, 2.24) is 15.1 Å². The predicted molar refractivity (Wildman–Crippen MR) is 120 cm³/mol. The first-order chi connectivity index (χ1) is 15.1. The molecule has 1 aromatic carbocycles. The van der Waals surface area contributed by atoms with Crippen molar-refractivity contribution in [1.29, 1.82) is 0 Å². The van der Waals surface area contributed by atoms with Gasteiger partial charge in [-0.2, -0.15) is 0 Å². The molecule has 1 saturated carbocycles. The Kier molecular flexibility index (Phi) is 7.14. The summed E-state index contributed by atoms with van der Waals surface area (Å²) in [5.41, 5.74) is 0.682. The zero-order chi connectivity index (χ0) is 21.6. The highest BCUT2D eigenvalue weighted by Gasteiger charge is 2.37. The van der Waals surface area contributed by atoms with E-state index in [1.54, 1.807) is 23.3 Å². The van der Waals surface area contributed by atoms with Gasteiger partial charge in [0.25, 0.3) is 0 Å². The van der Waals surface area contributed by atoms with Crippen molar-refractivity contribution in [2.45, 2.75) is 38.3 Å². The summed E-state index contributed by atoms with van der Waals surface area (Å²) in [6, 6.07) is 10.5. The highest BCUT2D eigenvalue weighted by molar-refractivity contribution is 6.30. The second-order valence-corrected chi connectivity index (χ2v) is 8.69. The van der Waals surface area contributed by atoms with E-state index in [1.807, 2.05) is 24.3 Å². The van der Waals surface area contributed by atoms with Crippen LogP contribution in [0.2, 0.25) is 5.02 Å². The Morgan fingerprint density at radius 2 is 1.87 bits per heavy atom.